The molecule has 0 bridgehead atoms. The van der Waals surface area contributed by atoms with Crippen LogP contribution in [0.4, 0.5) is 4.39 Å². The number of ether oxygens (including phenoxy) is 1. The smallest absolute Gasteiger partial charge is 0.276 e. The van der Waals surface area contributed by atoms with Crippen LogP contribution >= 0.6 is 11.6 Å². The minimum absolute atomic E-state index is 0.163. The van der Waals surface area contributed by atoms with Crippen molar-refractivity contribution in [3.8, 4) is 5.75 Å². The molecule has 32 heavy (non-hydrogen) atoms. The third kappa shape index (κ3) is 5.11. The molecule has 1 amide bonds. The molecule has 0 aliphatic carbocycles. The number of rotatable bonds is 6. The van der Waals surface area contributed by atoms with Gasteiger partial charge in [0.25, 0.3) is 5.91 Å². The summed E-state index contributed by atoms with van der Waals surface area (Å²) in [6.07, 6.45) is 0. The van der Waals surface area contributed by atoms with E-state index in [-0.39, 0.29) is 18.3 Å². The molecule has 0 saturated carbocycles. The molecule has 1 fully saturated rings. The largest absolute Gasteiger partial charge is 0.489 e. The molecule has 2 aromatic carbocycles. The fraction of sp³-hybridized carbons (Fsp3) is 0.333. The minimum atomic E-state index is -0.348. The number of benzene rings is 2. The Morgan fingerprint density at radius 3 is 2.53 bits per heavy atom. The molecule has 0 radical (unpaired) electrons. The van der Waals surface area contributed by atoms with Crippen molar-refractivity contribution in [3.63, 3.8) is 0 Å². The number of aryl methyl sites for hydroxylation is 2. The molecule has 0 N–H and O–H groups in total. The summed E-state index contributed by atoms with van der Waals surface area (Å²) in [6.45, 7) is 7.10. The number of hydrogen-bond acceptors (Lipinski definition) is 5. The molecule has 0 spiro atoms. The SMILES string of the molecule is Cc1ccc(OCc2c(C(=O)N3CCN(Cc4ccc(F)cc4Cl)CC3)noc2C)cc1. The third-order valence-electron chi connectivity index (χ3n) is 5.66. The van der Waals surface area contributed by atoms with Gasteiger partial charge in [0.15, 0.2) is 5.69 Å². The van der Waals surface area contributed by atoms with Gasteiger partial charge in [-0.05, 0) is 43.7 Å². The Morgan fingerprint density at radius 2 is 1.84 bits per heavy atom. The Kier molecular flexibility index (Phi) is 6.77. The van der Waals surface area contributed by atoms with E-state index < -0.39 is 0 Å². The first-order valence-corrected chi connectivity index (χ1v) is 10.9. The van der Waals surface area contributed by atoms with Gasteiger partial charge in [-0.15, -0.1) is 0 Å². The predicted molar refractivity (Wildman–Crippen MR) is 119 cm³/mol. The number of hydrogen-bond donors (Lipinski definition) is 0. The number of carbonyl (C=O) groups excluding carboxylic acids is 1. The van der Waals surface area contributed by atoms with E-state index in [0.717, 1.165) is 16.9 Å². The lowest BCUT2D eigenvalue weighted by atomic mass is 10.1. The van der Waals surface area contributed by atoms with Gasteiger partial charge in [0.2, 0.25) is 0 Å². The van der Waals surface area contributed by atoms with E-state index in [0.29, 0.717) is 54.8 Å². The molecule has 6 nitrogen and oxygen atoms in total. The highest BCUT2D eigenvalue weighted by Crippen LogP contribution is 2.22. The van der Waals surface area contributed by atoms with Gasteiger partial charge in [-0.2, -0.15) is 0 Å². The maximum atomic E-state index is 13.3. The van der Waals surface area contributed by atoms with Crippen LogP contribution in [0.15, 0.2) is 47.0 Å². The van der Waals surface area contributed by atoms with E-state index in [2.05, 4.69) is 10.1 Å². The zero-order chi connectivity index (χ0) is 22.7. The molecule has 2 heterocycles. The Bertz CT molecular complexity index is 1090. The van der Waals surface area contributed by atoms with E-state index in [1.54, 1.807) is 17.9 Å². The molecule has 168 valence electrons. The average molecular weight is 458 g/mol. The summed E-state index contributed by atoms with van der Waals surface area (Å²) < 4.78 is 24.4. The first kappa shape index (κ1) is 22.3. The standard InChI is InChI=1S/C24H25ClFN3O3/c1-16-3-7-20(8-4-16)31-15-21-17(2)32-27-23(21)24(30)29-11-9-28(10-12-29)14-18-5-6-19(26)13-22(18)25/h3-8,13H,9-12,14-15H2,1-2H3. The van der Waals surface area contributed by atoms with E-state index in [1.165, 1.54) is 12.1 Å². The average Bonchev–Trinajstić information content (AvgIpc) is 3.15. The van der Waals surface area contributed by atoms with Gasteiger partial charge in [-0.1, -0.05) is 40.5 Å². The Morgan fingerprint density at radius 1 is 1.12 bits per heavy atom. The molecule has 1 aliphatic rings. The number of amides is 1. The van der Waals surface area contributed by atoms with Crippen molar-refractivity contribution in [1.82, 2.24) is 15.0 Å². The van der Waals surface area contributed by atoms with Gasteiger partial charge in [-0.25, -0.2) is 4.39 Å². The van der Waals surface area contributed by atoms with Gasteiger partial charge in [0, 0.05) is 37.7 Å². The zero-order valence-electron chi connectivity index (χ0n) is 18.1. The second-order valence-electron chi connectivity index (χ2n) is 7.97. The van der Waals surface area contributed by atoms with Crippen LogP contribution in [-0.2, 0) is 13.2 Å². The van der Waals surface area contributed by atoms with Crippen LogP contribution in [-0.4, -0.2) is 47.0 Å². The summed E-state index contributed by atoms with van der Waals surface area (Å²) in [5.41, 5.74) is 2.98. The van der Waals surface area contributed by atoms with Crippen molar-refractivity contribution >= 4 is 17.5 Å². The second-order valence-corrected chi connectivity index (χ2v) is 8.38. The van der Waals surface area contributed by atoms with Crippen molar-refractivity contribution in [3.05, 3.63) is 81.4 Å². The lowest BCUT2D eigenvalue weighted by Gasteiger charge is -2.34. The summed E-state index contributed by atoms with van der Waals surface area (Å²) in [5, 5.41) is 4.43. The van der Waals surface area contributed by atoms with Gasteiger partial charge in [0.1, 0.15) is 23.9 Å². The van der Waals surface area contributed by atoms with Crippen molar-refractivity contribution < 1.29 is 18.4 Å². The molecule has 1 aromatic heterocycles. The molecule has 0 unspecified atom stereocenters. The van der Waals surface area contributed by atoms with Crippen molar-refractivity contribution in [2.45, 2.75) is 27.0 Å². The van der Waals surface area contributed by atoms with Crippen LogP contribution in [0.3, 0.4) is 0 Å². The summed E-state index contributed by atoms with van der Waals surface area (Å²) in [6, 6.07) is 12.2. The molecular weight excluding hydrogens is 433 g/mol. The van der Waals surface area contributed by atoms with Gasteiger partial charge >= 0.3 is 0 Å². The van der Waals surface area contributed by atoms with Crippen LogP contribution < -0.4 is 4.74 Å². The molecule has 1 saturated heterocycles. The van der Waals surface area contributed by atoms with E-state index in [9.17, 15) is 9.18 Å². The maximum Gasteiger partial charge on any atom is 0.276 e. The summed E-state index contributed by atoms with van der Waals surface area (Å²) in [7, 11) is 0. The number of nitrogens with zero attached hydrogens (tertiary/aromatic N) is 3. The predicted octanol–water partition coefficient (Wildman–Crippen LogP) is 4.62. The van der Waals surface area contributed by atoms with Crippen molar-refractivity contribution in [2.75, 3.05) is 26.2 Å². The first-order chi connectivity index (χ1) is 15.4. The number of halogens is 2. The summed E-state index contributed by atoms with van der Waals surface area (Å²) in [4.78, 5) is 17.1. The third-order valence-corrected chi connectivity index (χ3v) is 6.01. The topological polar surface area (TPSA) is 58.8 Å². The maximum absolute atomic E-state index is 13.3. The summed E-state index contributed by atoms with van der Waals surface area (Å²) >= 11 is 6.15. The number of aromatic nitrogens is 1. The van der Waals surface area contributed by atoms with Crippen LogP contribution in [0.25, 0.3) is 0 Å². The molecule has 3 aromatic rings. The van der Waals surface area contributed by atoms with Crippen LogP contribution in [0.1, 0.15) is 32.9 Å². The first-order valence-electron chi connectivity index (χ1n) is 10.5. The molecular formula is C24H25ClFN3O3. The quantitative estimate of drug-likeness (QED) is 0.540. The van der Waals surface area contributed by atoms with Crippen molar-refractivity contribution in [1.29, 1.82) is 0 Å². The van der Waals surface area contributed by atoms with E-state index >= 15 is 0 Å². The van der Waals surface area contributed by atoms with Crippen molar-refractivity contribution in [2.24, 2.45) is 0 Å². The number of piperazine rings is 1. The second kappa shape index (κ2) is 9.71. The monoisotopic (exact) mass is 457 g/mol. The van der Waals surface area contributed by atoms with Gasteiger partial charge in [0.05, 0.1) is 5.56 Å². The Balaban J connectivity index is 1.36. The van der Waals surface area contributed by atoms with Crippen LogP contribution in [0.5, 0.6) is 5.75 Å². The highest BCUT2D eigenvalue weighted by atomic mass is 35.5. The lowest BCUT2D eigenvalue weighted by Crippen LogP contribution is -2.48. The molecule has 4 rings (SSSR count). The van der Waals surface area contributed by atoms with Gasteiger partial charge in [-0.3, -0.25) is 9.69 Å². The molecule has 8 heteroatoms. The van der Waals surface area contributed by atoms with E-state index in [1.807, 2.05) is 31.2 Å². The molecule has 0 atom stereocenters. The normalized spacial score (nSPS) is 14.6. The fourth-order valence-corrected chi connectivity index (χ4v) is 3.90. The summed E-state index contributed by atoms with van der Waals surface area (Å²) in [5.74, 6) is 0.788. The van der Waals surface area contributed by atoms with Crippen LogP contribution in [0.2, 0.25) is 5.02 Å². The zero-order valence-corrected chi connectivity index (χ0v) is 18.9. The van der Waals surface area contributed by atoms with Crippen LogP contribution in [0, 0.1) is 19.7 Å². The minimum Gasteiger partial charge on any atom is -0.489 e. The highest BCUT2D eigenvalue weighted by molar-refractivity contribution is 6.31. The Hall–Kier alpha value is -2.90. The Labute approximate surface area is 191 Å². The van der Waals surface area contributed by atoms with E-state index in [4.69, 9.17) is 20.9 Å². The highest BCUT2D eigenvalue weighted by Gasteiger charge is 2.28. The fourth-order valence-electron chi connectivity index (χ4n) is 3.67. The van der Waals surface area contributed by atoms with Gasteiger partial charge < -0.3 is 14.2 Å². The molecule has 1 aliphatic heterocycles. The number of carbonyl (C=O) groups is 1. The lowest BCUT2D eigenvalue weighted by molar-refractivity contribution is 0.0616.